The van der Waals surface area contributed by atoms with Gasteiger partial charge in [0.2, 0.25) is 0 Å². The second-order valence-electron chi connectivity index (χ2n) is 21.6. The Morgan fingerprint density at radius 3 is 0.867 bits per heavy atom. The number of hydrogen-bond acceptors (Lipinski definition) is 6. The van der Waals surface area contributed by atoms with Crippen LogP contribution in [0.4, 0.5) is 0 Å². The summed E-state index contributed by atoms with van der Waals surface area (Å²) in [4.78, 5) is 38.3. The quantitative estimate of drug-likeness (QED) is 0.0261. The molecular formula is C69H122O6. The van der Waals surface area contributed by atoms with Crippen LogP contribution in [0.2, 0.25) is 0 Å². The van der Waals surface area contributed by atoms with Crippen molar-refractivity contribution >= 4 is 17.9 Å². The number of allylic oxidation sites excluding steroid dienone is 12. The second kappa shape index (κ2) is 63.4. The van der Waals surface area contributed by atoms with E-state index in [1.807, 2.05) is 0 Å². The van der Waals surface area contributed by atoms with Gasteiger partial charge in [0.25, 0.3) is 0 Å². The van der Waals surface area contributed by atoms with Crippen molar-refractivity contribution in [1.82, 2.24) is 0 Å². The maximum absolute atomic E-state index is 12.9. The molecule has 1 atom stereocenters. The Hall–Kier alpha value is -3.15. The third-order valence-electron chi connectivity index (χ3n) is 14.2. The second-order valence-corrected chi connectivity index (χ2v) is 21.6. The molecule has 6 heteroatoms. The molecule has 0 heterocycles. The summed E-state index contributed by atoms with van der Waals surface area (Å²) in [5.74, 6) is -0.873. The molecule has 0 aliphatic rings. The minimum absolute atomic E-state index is 0.0755. The Kier molecular flexibility index (Phi) is 60.7. The smallest absolute Gasteiger partial charge is 0.306 e. The van der Waals surface area contributed by atoms with Gasteiger partial charge < -0.3 is 14.2 Å². The van der Waals surface area contributed by atoms with Crippen LogP contribution < -0.4 is 0 Å². The van der Waals surface area contributed by atoms with E-state index in [0.29, 0.717) is 19.3 Å². The molecule has 0 saturated carbocycles. The summed E-state index contributed by atoms with van der Waals surface area (Å²) in [7, 11) is 0. The standard InChI is InChI=1S/C69H122O6/c1-4-7-10-13-16-19-22-25-27-28-29-30-31-32-33-34-35-36-37-38-39-40-42-44-47-50-53-56-59-62-68(71)74-65-66(64-73-67(70)61-58-55-52-49-46-43-24-21-18-15-12-9-6-3)75-69(72)63-60-57-54-51-48-45-41-26-23-20-17-14-11-8-5-2/h7,10,12,15-16,19,21,24-25,27,29-30,66H,4-6,8-9,11,13-14,17-18,20,22-23,26,28,31-65H2,1-3H3/b10-7-,15-12-,19-16-,24-21-,27-25-,30-29-. The zero-order valence-corrected chi connectivity index (χ0v) is 49.8. The average molecular weight is 1050 g/mol. The molecule has 0 aromatic rings. The Balaban J connectivity index is 4.19. The Morgan fingerprint density at radius 1 is 0.280 bits per heavy atom. The summed E-state index contributed by atoms with van der Waals surface area (Å²) in [6.45, 7) is 6.49. The summed E-state index contributed by atoms with van der Waals surface area (Å²) in [5, 5.41) is 0. The molecular weight excluding hydrogens is 925 g/mol. The van der Waals surface area contributed by atoms with Crippen molar-refractivity contribution in [3.8, 4) is 0 Å². The highest BCUT2D eigenvalue weighted by Crippen LogP contribution is 2.17. The minimum atomic E-state index is -0.778. The summed E-state index contributed by atoms with van der Waals surface area (Å²) in [5.41, 5.74) is 0. The van der Waals surface area contributed by atoms with Gasteiger partial charge in [0.1, 0.15) is 13.2 Å². The SMILES string of the molecule is CC/C=C\C/C=C\C/C=C\C/C=C\CCCCCCCCCCCCCCCCCCC(=O)OCC(COC(=O)CCCCCCC/C=C\C/C=C\CCC)OC(=O)CCCCCCCCCCCCCCCCC. The van der Waals surface area contributed by atoms with Crippen molar-refractivity contribution in [2.24, 2.45) is 0 Å². The lowest BCUT2D eigenvalue weighted by Gasteiger charge is -2.18. The zero-order chi connectivity index (χ0) is 54.3. The molecule has 0 aliphatic heterocycles. The van der Waals surface area contributed by atoms with E-state index in [0.717, 1.165) is 109 Å². The van der Waals surface area contributed by atoms with E-state index in [9.17, 15) is 14.4 Å². The van der Waals surface area contributed by atoms with Crippen molar-refractivity contribution < 1.29 is 28.6 Å². The van der Waals surface area contributed by atoms with Crippen LogP contribution in [0.1, 0.15) is 329 Å². The van der Waals surface area contributed by atoms with E-state index < -0.39 is 6.10 Å². The third-order valence-corrected chi connectivity index (χ3v) is 14.2. The molecule has 0 amide bonds. The van der Waals surface area contributed by atoms with E-state index >= 15 is 0 Å². The number of carbonyl (C=O) groups is 3. The largest absolute Gasteiger partial charge is 0.462 e. The molecule has 0 spiro atoms. The molecule has 0 aliphatic carbocycles. The normalized spacial score (nSPS) is 12.5. The van der Waals surface area contributed by atoms with Gasteiger partial charge in [-0.15, -0.1) is 0 Å². The third kappa shape index (κ3) is 61.6. The lowest BCUT2D eigenvalue weighted by Crippen LogP contribution is -2.30. The van der Waals surface area contributed by atoms with Gasteiger partial charge in [-0.2, -0.15) is 0 Å². The predicted octanol–water partition coefficient (Wildman–Crippen LogP) is 22.1. The van der Waals surface area contributed by atoms with Crippen LogP contribution >= 0.6 is 0 Å². The summed E-state index contributed by atoms with van der Waals surface area (Å²) < 4.78 is 16.9. The number of esters is 3. The number of hydrogen-bond donors (Lipinski definition) is 0. The first kappa shape index (κ1) is 71.8. The first-order valence-corrected chi connectivity index (χ1v) is 32.4. The molecule has 0 saturated heterocycles. The molecule has 0 bridgehead atoms. The number of unbranched alkanes of at least 4 members (excludes halogenated alkanes) is 36. The van der Waals surface area contributed by atoms with Gasteiger partial charge in [0.05, 0.1) is 0 Å². The molecule has 0 fully saturated rings. The minimum Gasteiger partial charge on any atom is -0.462 e. The monoisotopic (exact) mass is 1050 g/mol. The van der Waals surface area contributed by atoms with E-state index in [-0.39, 0.29) is 31.1 Å². The Labute approximate surface area is 465 Å². The molecule has 0 aromatic carbocycles. The zero-order valence-electron chi connectivity index (χ0n) is 49.8. The fourth-order valence-electron chi connectivity index (χ4n) is 9.36. The number of rotatable bonds is 59. The molecule has 0 aromatic heterocycles. The van der Waals surface area contributed by atoms with E-state index in [2.05, 4.69) is 93.7 Å². The van der Waals surface area contributed by atoms with Crippen LogP contribution in [-0.2, 0) is 28.6 Å². The fourth-order valence-corrected chi connectivity index (χ4v) is 9.36. The van der Waals surface area contributed by atoms with Crippen LogP contribution in [0.25, 0.3) is 0 Å². The van der Waals surface area contributed by atoms with Gasteiger partial charge in [-0.25, -0.2) is 0 Å². The van der Waals surface area contributed by atoms with Gasteiger partial charge in [-0.05, 0) is 83.5 Å². The summed E-state index contributed by atoms with van der Waals surface area (Å²) in [6, 6.07) is 0. The van der Waals surface area contributed by atoms with Gasteiger partial charge in [0, 0.05) is 19.3 Å². The highest BCUT2D eigenvalue weighted by Gasteiger charge is 2.19. The maximum Gasteiger partial charge on any atom is 0.306 e. The molecule has 1 unspecified atom stereocenters. The Morgan fingerprint density at radius 2 is 0.547 bits per heavy atom. The topological polar surface area (TPSA) is 78.9 Å². The first-order valence-electron chi connectivity index (χ1n) is 32.4. The molecule has 0 rings (SSSR count). The molecule has 0 radical (unpaired) electrons. The molecule has 75 heavy (non-hydrogen) atoms. The molecule has 6 nitrogen and oxygen atoms in total. The predicted molar refractivity (Wildman–Crippen MR) is 325 cm³/mol. The van der Waals surface area contributed by atoms with Gasteiger partial charge in [0.15, 0.2) is 6.10 Å². The van der Waals surface area contributed by atoms with Crippen LogP contribution in [0.3, 0.4) is 0 Å². The van der Waals surface area contributed by atoms with Crippen LogP contribution in [-0.4, -0.2) is 37.2 Å². The van der Waals surface area contributed by atoms with E-state index in [1.165, 1.54) is 180 Å². The lowest BCUT2D eigenvalue weighted by atomic mass is 10.0. The Bertz CT molecular complexity index is 1390. The molecule has 0 N–H and O–H groups in total. The van der Waals surface area contributed by atoms with Crippen LogP contribution in [0, 0.1) is 0 Å². The van der Waals surface area contributed by atoms with Gasteiger partial charge in [-0.3, -0.25) is 14.4 Å². The van der Waals surface area contributed by atoms with Gasteiger partial charge in [-0.1, -0.05) is 299 Å². The first-order chi connectivity index (χ1) is 37.0. The summed E-state index contributed by atoms with van der Waals surface area (Å²) >= 11 is 0. The summed E-state index contributed by atoms with van der Waals surface area (Å²) in [6.07, 6.45) is 82.0. The van der Waals surface area contributed by atoms with Crippen LogP contribution in [0.5, 0.6) is 0 Å². The van der Waals surface area contributed by atoms with Gasteiger partial charge >= 0.3 is 17.9 Å². The maximum atomic E-state index is 12.9. The highest BCUT2D eigenvalue weighted by molar-refractivity contribution is 5.71. The van der Waals surface area contributed by atoms with Crippen molar-refractivity contribution in [2.45, 2.75) is 335 Å². The number of carbonyl (C=O) groups excluding carboxylic acids is 3. The van der Waals surface area contributed by atoms with Crippen molar-refractivity contribution in [3.05, 3.63) is 72.9 Å². The van der Waals surface area contributed by atoms with Crippen molar-refractivity contribution in [3.63, 3.8) is 0 Å². The van der Waals surface area contributed by atoms with Crippen molar-refractivity contribution in [1.29, 1.82) is 0 Å². The fraction of sp³-hybridized carbons (Fsp3) is 0.783. The van der Waals surface area contributed by atoms with E-state index in [1.54, 1.807) is 0 Å². The lowest BCUT2D eigenvalue weighted by molar-refractivity contribution is -0.167. The van der Waals surface area contributed by atoms with E-state index in [4.69, 9.17) is 14.2 Å². The highest BCUT2D eigenvalue weighted by atomic mass is 16.6. The average Bonchev–Trinajstić information content (AvgIpc) is 3.41. The number of ether oxygens (including phenoxy) is 3. The van der Waals surface area contributed by atoms with Crippen molar-refractivity contribution in [2.75, 3.05) is 13.2 Å². The van der Waals surface area contributed by atoms with Crippen LogP contribution in [0.15, 0.2) is 72.9 Å². The molecule has 434 valence electrons.